The molecule has 0 radical (unpaired) electrons. The van der Waals surface area contributed by atoms with Crippen LogP contribution in [0.2, 0.25) is 0 Å². The van der Waals surface area contributed by atoms with Gasteiger partial charge < -0.3 is 15.1 Å². The highest BCUT2D eigenvalue weighted by Gasteiger charge is 2.63. The lowest BCUT2D eigenvalue weighted by molar-refractivity contribution is -0.151. The van der Waals surface area contributed by atoms with Gasteiger partial charge >= 0.3 is 11.9 Å². The highest BCUT2D eigenvalue weighted by molar-refractivity contribution is 6.04. The van der Waals surface area contributed by atoms with Gasteiger partial charge in [0.1, 0.15) is 5.84 Å². The van der Waals surface area contributed by atoms with Crippen LogP contribution < -0.4 is 0 Å². The smallest absolute Gasteiger partial charge is 0.334 e. The number of amidine groups is 1. The lowest BCUT2D eigenvalue weighted by Crippen LogP contribution is -2.66. The quantitative estimate of drug-likeness (QED) is 0.257. The van der Waals surface area contributed by atoms with E-state index in [-0.39, 0.29) is 5.57 Å². The lowest BCUT2D eigenvalue weighted by atomic mass is 9.53. The third-order valence-corrected chi connectivity index (χ3v) is 8.36. The fourth-order valence-corrected chi connectivity index (χ4v) is 6.60. The van der Waals surface area contributed by atoms with E-state index in [4.69, 9.17) is 4.99 Å². The summed E-state index contributed by atoms with van der Waals surface area (Å²) < 4.78 is 0. The minimum Gasteiger partial charge on any atom is -0.481 e. The molecule has 0 saturated carbocycles. The molecule has 3 atom stereocenters. The molecule has 0 saturated heterocycles. The summed E-state index contributed by atoms with van der Waals surface area (Å²) in [6, 6.07) is 26.6. The summed E-state index contributed by atoms with van der Waals surface area (Å²) in [5.41, 5.74) is 1.37. The van der Waals surface area contributed by atoms with Crippen molar-refractivity contribution in [3.63, 3.8) is 0 Å². The Morgan fingerprint density at radius 2 is 1.41 bits per heavy atom. The van der Waals surface area contributed by atoms with Crippen molar-refractivity contribution in [1.29, 1.82) is 0 Å². The van der Waals surface area contributed by atoms with Crippen LogP contribution >= 0.6 is 0 Å². The zero-order valence-electron chi connectivity index (χ0n) is 23.2. The number of hydrogen-bond acceptors (Lipinski definition) is 3. The molecule has 0 spiro atoms. The first kappa shape index (κ1) is 27.8. The zero-order valence-corrected chi connectivity index (χ0v) is 23.2. The summed E-state index contributed by atoms with van der Waals surface area (Å²) in [7, 11) is 0. The first-order valence-corrected chi connectivity index (χ1v) is 13.4. The number of aryl methyl sites for hydroxylation is 1. The summed E-state index contributed by atoms with van der Waals surface area (Å²) in [5.74, 6) is -2.73. The first-order chi connectivity index (χ1) is 18.6. The number of aliphatic imine (C=N–C) groups is 1. The summed E-state index contributed by atoms with van der Waals surface area (Å²) in [6.07, 6.45) is 0.760. The predicted molar refractivity (Wildman–Crippen MR) is 154 cm³/mol. The molecule has 0 fully saturated rings. The second kappa shape index (κ2) is 10.9. The second-order valence-electron chi connectivity index (χ2n) is 10.4. The summed E-state index contributed by atoms with van der Waals surface area (Å²) >= 11 is 0. The van der Waals surface area contributed by atoms with Crippen molar-refractivity contribution in [2.24, 2.45) is 10.9 Å². The van der Waals surface area contributed by atoms with Crippen LogP contribution in [0.25, 0.3) is 0 Å². The molecule has 0 bridgehead atoms. The Hall–Kier alpha value is -4.19. The van der Waals surface area contributed by atoms with E-state index in [0.29, 0.717) is 30.1 Å². The fraction of sp³-hybridized carbons (Fsp3) is 0.303. The molecule has 3 aromatic carbocycles. The maximum Gasteiger partial charge on any atom is 0.334 e. The highest BCUT2D eigenvalue weighted by atomic mass is 16.4. The molecule has 3 aromatic rings. The van der Waals surface area contributed by atoms with Gasteiger partial charge in [-0.3, -0.25) is 4.79 Å². The van der Waals surface area contributed by atoms with Crippen LogP contribution in [0.5, 0.6) is 0 Å². The van der Waals surface area contributed by atoms with Gasteiger partial charge in [0.2, 0.25) is 0 Å². The van der Waals surface area contributed by atoms with Gasteiger partial charge in [-0.2, -0.15) is 0 Å². The molecule has 0 aliphatic carbocycles. The molecule has 202 valence electrons. The van der Waals surface area contributed by atoms with Crippen molar-refractivity contribution in [3.05, 3.63) is 113 Å². The predicted octanol–water partition coefficient (Wildman–Crippen LogP) is 6.97. The summed E-state index contributed by atoms with van der Waals surface area (Å²) in [5, 5.41) is 21.8. The Morgan fingerprint density at radius 3 is 1.92 bits per heavy atom. The second-order valence-corrected chi connectivity index (χ2v) is 10.4. The Morgan fingerprint density at radius 1 is 0.846 bits per heavy atom. The summed E-state index contributed by atoms with van der Waals surface area (Å²) in [6.45, 7) is 9.50. The van der Waals surface area contributed by atoms with Crippen molar-refractivity contribution >= 4 is 23.5 Å². The third-order valence-electron chi connectivity index (χ3n) is 8.36. The number of carboxylic acids is 2. The molecular weight excluding hydrogens is 488 g/mol. The van der Waals surface area contributed by atoms with Crippen molar-refractivity contribution in [1.82, 2.24) is 4.90 Å². The van der Waals surface area contributed by atoms with E-state index in [0.717, 1.165) is 16.7 Å². The molecular formula is C33H36N2O4. The van der Waals surface area contributed by atoms with Gasteiger partial charge in [0.15, 0.2) is 0 Å². The molecule has 6 heteroatoms. The molecule has 1 heterocycles. The number of aliphatic carboxylic acids is 2. The number of carbonyl (C=O) groups is 2. The minimum absolute atomic E-state index is 0.0920. The van der Waals surface area contributed by atoms with Gasteiger partial charge in [0.05, 0.1) is 22.7 Å². The highest BCUT2D eigenvalue weighted by Crippen LogP contribution is 2.56. The third kappa shape index (κ3) is 4.54. The van der Waals surface area contributed by atoms with Gasteiger partial charge in [-0.15, -0.1) is 0 Å². The monoisotopic (exact) mass is 524 g/mol. The molecule has 2 N–H and O–H groups in total. The van der Waals surface area contributed by atoms with E-state index in [9.17, 15) is 19.8 Å². The van der Waals surface area contributed by atoms with E-state index in [2.05, 4.69) is 0 Å². The Bertz CT molecular complexity index is 1430. The van der Waals surface area contributed by atoms with Crippen LogP contribution in [0.1, 0.15) is 57.2 Å². The van der Waals surface area contributed by atoms with Crippen LogP contribution in [0.4, 0.5) is 5.69 Å². The largest absolute Gasteiger partial charge is 0.481 e. The molecule has 3 unspecified atom stereocenters. The maximum atomic E-state index is 13.4. The Balaban J connectivity index is 2.18. The molecule has 1 aliphatic heterocycles. The average Bonchev–Trinajstić information content (AvgIpc) is 2.92. The van der Waals surface area contributed by atoms with Crippen molar-refractivity contribution in [2.75, 3.05) is 0 Å². The van der Waals surface area contributed by atoms with Crippen LogP contribution in [0.3, 0.4) is 0 Å². The van der Waals surface area contributed by atoms with Crippen LogP contribution in [-0.2, 0) is 15.0 Å². The Labute approximate surface area is 230 Å². The topological polar surface area (TPSA) is 90.2 Å². The number of para-hydroxylation sites is 1. The average molecular weight is 525 g/mol. The van der Waals surface area contributed by atoms with E-state index < -0.39 is 28.8 Å². The molecule has 4 rings (SSSR count). The maximum absolute atomic E-state index is 13.4. The van der Waals surface area contributed by atoms with Gasteiger partial charge in [-0.1, -0.05) is 86.6 Å². The molecule has 0 aromatic heterocycles. The van der Waals surface area contributed by atoms with Crippen LogP contribution in [0, 0.1) is 12.8 Å². The fourth-order valence-electron chi connectivity index (χ4n) is 6.60. The number of benzene rings is 3. The minimum atomic E-state index is -1.26. The first-order valence-electron chi connectivity index (χ1n) is 13.4. The SMILES string of the molecule is CCC1(c2ccccc2C)C(C(=O)O)=C(C)N(C(=Nc2ccccc2)c2ccccc2)C(C)(CC)C1C(=O)O. The zero-order chi connectivity index (χ0) is 28.4. The van der Waals surface area contributed by atoms with E-state index in [1.54, 1.807) is 6.92 Å². The summed E-state index contributed by atoms with van der Waals surface area (Å²) in [4.78, 5) is 33.6. The number of carboxylic acid groups (broad SMARTS) is 2. The van der Waals surface area contributed by atoms with Gasteiger partial charge in [-0.05, 0) is 56.9 Å². The number of hydrogen-bond donors (Lipinski definition) is 2. The standard InChI is InChI=1S/C33H36N2O4/c1-6-32(5)28(31(38)39)33(7-2,26-21-15-14-16-22(26)3)27(30(36)37)23(4)35(32)29(24-17-10-8-11-18-24)34-25-19-12-9-13-20-25/h8-21,28H,6-7H2,1-5H3,(H,36,37)(H,38,39). The number of allylic oxidation sites excluding steroid dienone is 1. The molecule has 1 aliphatic rings. The Kier molecular flexibility index (Phi) is 7.77. The number of rotatable bonds is 7. The van der Waals surface area contributed by atoms with Crippen molar-refractivity contribution in [3.8, 4) is 0 Å². The van der Waals surface area contributed by atoms with Gasteiger partial charge in [0, 0.05) is 16.7 Å². The molecule has 6 nitrogen and oxygen atoms in total. The van der Waals surface area contributed by atoms with Crippen LogP contribution in [0.15, 0.2) is 101 Å². The van der Waals surface area contributed by atoms with E-state index in [1.807, 2.05) is 118 Å². The van der Waals surface area contributed by atoms with Crippen LogP contribution in [-0.4, -0.2) is 38.4 Å². The molecule has 39 heavy (non-hydrogen) atoms. The normalized spacial score (nSPS) is 23.6. The number of nitrogens with zero attached hydrogens (tertiary/aromatic N) is 2. The van der Waals surface area contributed by atoms with Gasteiger partial charge in [0.25, 0.3) is 0 Å². The van der Waals surface area contributed by atoms with Gasteiger partial charge in [-0.25, -0.2) is 9.79 Å². The van der Waals surface area contributed by atoms with E-state index in [1.165, 1.54) is 0 Å². The van der Waals surface area contributed by atoms with E-state index >= 15 is 0 Å². The van der Waals surface area contributed by atoms with Crippen molar-refractivity contribution in [2.45, 2.75) is 58.4 Å². The molecule has 0 amide bonds. The van der Waals surface area contributed by atoms with Crippen molar-refractivity contribution < 1.29 is 19.8 Å². The lowest BCUT2D eigenvalue weighted by Gasteiger charge is -2.58.